The number of amides is 1. The fourth-order valence-electron chi connectivity index (χ4n) is 3.56. The molecule has 0 radical (unpaired) electrons. The first-order valence-corrected chi connectivity index (χ1v) is 9.03. The molecule has 1 aliphatic heterocycles. The Morgan fingerprint density at radius 3 is 2.67 bits per heavy atom. The molecule has 122 valence electrons. The summed E-state index contributed by atoms with van der Waals surface area (Å²) in [4.78, 5) is 14.6. The van der Waals surface area contributed by atoms with Crippen LogP contribution in [0.5, 0.6) is 0 Å². The van der Waals surface area contributed by atoms with Crippen molar-refractivity contribution in [2.24, 2.45) is 0 Å². The second-order valence-electron chi connectivity index (χ2n) is 6.78. The van der Waals surface area contributed by atoms with Crippen molar-refractivity contribution >= 4 is 5.91 Å². The fourth-order valence-corrected chi connectivity index (χ4v) is 3.56. The number of nitrogens with zero attached hydrogens (tertiary/aromatic N) is 1. The summed E-state index contributed by atoms with van der Waals surface area (Å²) in [7, 11) is 0. The fraction of sp³-hybridized carbons (Fsp3) is 0.941. The van der Waals surface area contributed by atoms with Crippen LogP contribution in [0.2, 0.25) is 0 Å². The Balaban J connectivity index is 1.73. The highest BCUT2D eigenvalue weighted by atomic mass is 16.2. The lowest BCUT2D eigenvalue weighted by Crippen LogP contribution is -2.46. The summed E-state index contributed by atoms with van der Waals surface area (Å²) >= 11 is 0. The van der Waals surface area contributed by atoms with Gasteiger partial charge in [0.15, 0.2) is 0 Å². The van der Waals surface area contributed by atoms with E-state index < -0.39 is 0 Å². The van der Waals surface area contributed by atoms with Gasteiger partial charge in [0.2, 0.25) is 5.91 Å². The minimum Gasteiger partial charge on any atom is -0.352 e. The first kappa shape index (κ1) is 16.8. The van der Waals surface area contributed by atoms with E-state index in [1.807, 2.05) is 0 Å². The number of carbonyl (C=O) groups excluding carboxylic acids is 1. The smallest absolute Gasteiger partial charge is 0.234 e. The van der Waals surface area contributed by atoms with E-state index in [1.165, 1.54) is 57.8 Å². The van der Waals surface area contributed by atoms with E-state index in [4.69, 9.17) is 0 Å². The predicted octanol–water partition coefficient (Wildman–Crippen LogP) is 2.29. The number of rotatable bonds is 8. The molecule has 1 aliphatic carbocycles. The third-order valence-corrected chi connectivity index (χ3v) is 4.81. The van der Waals surface area contributed by atoms with E-state index in [9.17, 15) is 4.79 Å². The summed E-state index contributed by atoms with van der Waals surface area (Å²) < 4.78 is 0. The molecular formula is C17H33N3O. The zero-order valence-corrected chi connectivity index (χ0v) is 13.7. The molecule has 4 heteroatoms. The Morgan fingerprint density at radius 2 is 2.00 bits per heavy atom. The van der Waals surface area contributed by atoms with Crippen molar-refractivity contribution in [3.63, 3.8) is 0 Å². The van der Waals surface area contributed by atoms with Gasteiger partial charge in [0.05, 0.1) is 6.54 Å². The lowest BCUT2D eigenvalue weighted by atomic mass is 9.95. The standard InChI is InChI=1S/C17H33N3O/c1-2-3-12-20(13-16-10-7-11-18-16)14-17(21)19-15-8-5-4-6-9-15/h15-16,18H,2-14H2,1H3,(H,19,21). The highest BCUT2D eigenvalue weighted by Crippen LogP contribution is 2.17. The maximum Gasteiger partial charge on any atom is 0.234 e. The molecule has 21 heavy (non-hydrogen) atoms. The molecule has 1 heterocycles. The molecule has 0 aromatic heterocycles. The van der Waals surface area contributed by atoms with E-state index in [-0.39, 0.29) is 5.91 Å². The monoisotopic (exact) mass is 295 g/mol. The van der Waals surface area contributed by atoms with Crippen molar-refractivity contribution in [2.75, 3.05) is 26.2 Å². The van der Waals surface area contributed by atoms with Gasteiger partial charge in [0.25, 0.3) is 0 Å². The van der Waals surface area contributed by atoms with Crippen molar-refractivity contribution < 1.29 is 4.79 Å². The van der Waals surface area contributed by atoms with Crippen molar-refractivity contribution in [1.82, 2.24) is 15.5 Å². The first-order valence-electron chi connectivity index (χ1n) is 9.03. The van der Waals surface area contributed by atoms with Crippen LogP contribution in [-0.2, 0) is 4.79 Å². The minimum absolute atomic E-state index is 0.232. The molecule has 1 saturated carbocycles. The van der Waals surface area contributed by atoms with Crippen LogP contribution in [0.25, 0.3) is 0 Å². The van der Waals surface area contributed by atoms with Crippen LogP contribution >= 0.6 is 0 Å². The van der Waals surface area contributed by atoms with Crippen molar-refractivity contribution in [3.8, 4) is 0 Å². The van der Waals surface area contributed by atoms with E-state index >= 15 is 0 Å². The molecule has 2 fully saturated rings. The van der Waals surface area contributed by atoms with Crippen molar-refractivity contribution in [2.45, 2.75) is 76.8 Å². The molecule has 1 unspecified atom stereocenters. The summed E-state index contributed by atoms with van der Waals surface area (Å²) in [5.41, 5.74) is 0. The summed E-state index contributed by atoms with van der Waals surface area (Å²) in [6, 6.07) is 1.02. The number of nitrogens with one attached hydrogen (secondary N) is 2. The summed E-state index contributed by atoms with van der Waals surface area (Å²) in [6.45, 7) is 6.01. The van der Waals surface area contributed by atoms with E-state index in [1.54, 1.807) is 0 Å². The second-order valence-corrected chi connectivity index (χ2v) is 6.78. The van der Waals surface area contributed by atoms with Crippen LogP contribution in [0.3, 0.4) is 0 Å². The number of hydrogen-bond donors (Lipinski definition) is 2. The third kappa shape index (κ3) is 6.35. The Hall–Kier alpha value is -0.610. The molecular weight excluding hydrogens is 262 g/mol. The van der Waals surface area contributed by atoms with Gasteiger partial charge in [-0.2, -0.15) is 0 Å². The highest BCUT2D eigenvalue weighted by Gasteiger charge is 2.21. The van der Waals surface area contributed by atoms with E-state index in [2.05, 4.69) is 22.5 Å². The normalized spacial score (nSPS) is 23.6. The van der Waals surface area contributed by atoms with Gasteiger partial charge in [-0.05, 0) is 45.2 Å². The molecule has 2 N–H and O–H groups in total. The van der Waals surface area contributed by atoms with Gasteiger partial charge in [-0.15, -0.1) is 0 Å². The van der Waals surface area contributed by atoms with Crippen LogP contribution in [0.4, 0.5) is 0 Å². The topological polar surface area (TPSA) is 44.4 Å². The molecule has 2 aliphatic rings. The largest absolute Gasteiger partial charge is 0.352 e. The van der Waals surface area contributed by atoms with Crippen molar-refractivity contribution in [1.29, 1.82) is 0 Å². The van der Waals surface area contributed by atoms with E-state index in [0.717, 1.165) is 19.6 Å². The van der Waals surface area contributed by atoms with Gasteiger partial charge in [-0.25, -0.2) is 0 Å². The highest BCUT2D eigenvalue weighted by molar-refractivity contribution is 5.78. The third-order valence-electron chi connectivity index (χ3n) is 4.81. The van der Waals surface area contributed by atoms with Crippen LogP contribution in [0.15, 0.2) is 0 Å². The van der Waals surface area contributed by atoms with Crippen LogP contribution in [-0.4, -0.2) is 49.1 Å². The lowest BCUT2D eigenvalue weighted by molar-refractivity contribution is -0.123. The summed E-state index contributed by atoms with van der Waals surface area (Å²) in [6.07, 6.45) is 11.1. The average molecular weight is 295 g/mol. The molecule has 0 aromatic rings. The summed E-state index contributed by atoms with van der Waals surface area (Å²) in [5.74, 6) is 0.232. The maximum absolute atomic E-state index is 12.3. The van der Waals surface area contributed by atoms with Gasteiger partial charge in [0.1, 0.15) is 0 Å². The van der Waals surface area contributed by atoms with Gasteiger partial charge in [-0.1, -0.05) is 32.6 Å². The van der Waals surface area contributed by atoms with Crippen molar-refractivity contribution in [3.05, 3.63) is 0 Å². The molecule has 0 bridgehead atoms. The molecule has 1 atom stereocenters. The number of unbranched alkanes of at least 4 members (excludes halogenated alkanes) is 1. The van der Waals surface area contributed by atoms with Crippen LogP contribution < -0.4 is 10.6 Å². The van der Waals surface area contributed by atoms with Gasteiger partial charge < -0.3 is 10.6 Å². The zero-order chi connectivity index (χ0) is 14.9. The van der Waals surface area contributed by atoms with Gasteiger partial charge in [-0.3, -0.25) is 9.69 Å². The number of carbonyl (C=O) groups is 1. The molecule has 2 rings (SSSR count). The zero-order valence-electron chi connectivity index (χ0n) is 13.7. The lowest BCUT2D eigenvalue weighted by Gasteiger charge is -2.27. The molecule has 1 saturated heterocycles. The summed E-state index contributed by atoms with van der Waals surface area (Å²) in [5, 5.41) is 6.79. The van der Waals surface area contributed by atoms with Crippen LogP contribution in [0.1, 0.15) is 64.7 Å². The maximum atomic E-state index is 12.3. The quantitative estimate of drug-likeness (QED) is 0.722. The molecule has 1 amide bonds. The van der Waals surface area contributed by atoms with Gasteiger partial charge >= 0.3 is 0 Å². The first-order chi connectivity index (χ1) is 10.3. The average Bonchev–Trinajstić information content (AvgIpc) is 2.98. The van der Waals surface area contributed by atoms with Gasteiger partial charge in [0, 0.05) is 18.6 Å². The Kier molecular flexibility index (Phi) is 7.51. The number of hydrogen-bond acceptors (Lipinski definition) is 3. The molecule has 0 spiro atoms. The Labute approximate surface area is 130 Å². The minimum atomic E-state index is 0.232. The Bertz CT molecular complexity index is 296. The molecule has 4 nitrogen and oxygen atoms in total. The second kappa shape index (κ2) is 9.42. The SMILES string of the molecule is CCCCN(CC(=O)NC1CCCCC1)CC1CCCN1. The van der Waals surface area contributed by atoms with Crippen LogP contribution in [0, 0.1) is 0 Å². The van der Waals surface area contributed by atoms with E-state index in [0.29, 0.717) is 18.6 Å². The predicted molar refractivity (Wildman–Crippen MR) is 87.4 cm³/mol. The molecule has 0 aromatic carbocycles. The Morgan fingerprint density at radius 1 is 1.19 bits per heavy atom.